The number of H-pyrrole nitrogens is 1. The molecule has 210 valence electrons. The van der Waals surface area contributed by atoms with Gasteiger partial charge in [0.25, 0.3) is 5.56 Å². The van der Waals surface area contributed by atoms with E-state index in [1.807, 2.05) is 32.9 Å². The summed E-state index contributed by atoms with van der Waals surface area (Å²) in [5.41, 5.74) is 5.20. The number of benzene rings is 1. The van der Waals surface area contributed by atoms with Crippen molar-refractivity contribution in [1.29, 1.82) is 0 Å². The fourth-order valence-corrected chi connectivity index (χ4v) is 6.08. The molecule has 40 heavy (non-hydrogen) atoms. The fourth-order valence-electron chi connectivity index (χ4n) is 6.08. The molecule has 2 aliphatic rings. The molecule has 11 heteroatoms. The molecule has 3 aromatic rings. The van der Waals surface area contributed by atoms with Gasteiger partial charge in [0, 0.05) is 23.5 Å². The van der Waals surface area contributed by atoms with Crippen molar-refractivity contribution >= 4 is 34.2 Å². The Balaban J connectivity index is 1.46. The number of piperidine rings is 1. The number of nitrogens with two attached hydrogens (primary N) is 1. The summed E-state index contributed by atoms with van der Waals surface area (Å²) in [5, 5.41) is 15.5. The van der Waals surface area contributed by atoms with Crippen LogP contribution < -0.4 is 21.9 Å². The number of aromatic amines is 1. The maximum Gasteiger partial charge on any atom is 0.271 e. The number of nitrogens with zero attached hydrogens (tertiary/aromatic N) is 3. The van der Waals surface area contributed by atoms with Crippen molar-refractivity contribution in [3.8, 4) is 0 Å². The van der Waals surface area contributed by atoms with E-state index in [4.69, 9.17) is 5.73 Å². The first-order chi connectivity index (χ1) is 18.8. The van der Waals surface area contributed by atoms with Gasteiger partial charge in [-0.25, -0.2) is 0 Å². The molecule has 2 aromatic heterocycles. The maximum absolute atomic E-state index is 14.1. The molecule has 1 saturated carbocycles. The lowest BCUT2D eigenvalue weighted by atomic mass is 9.85. The smallest absolute Gasteiger partial charge is 0.271 e. The van der Waals surface area contributed by atoms with Gasteiger partial charge in [0.1, 0.15) is 23.5 Å². The lowest BCUT2D eigenvalue weighted by Gasteiger charge is -2.38. The lowest BCUT2D eigenvalue weighted by Crippen LogP contribution is -2.57. The lowest BCUT2D eigenvalue weighted by molar-refractivity contribution is -0.143. The predicted molar refractivity (Wildman–Crippen MR) is 150 cm³/mol. The number of aromatic nitrogens is 3. The first-order valence-electron chi connectivity index (χ1n) is 13.4. The minimum atomic E-state index is -1.23. The van der Waals surface area contributed by atoms with Gasteiger partial charge in [-0.3, -0.25) is 19.2 Å². The van der Waals surface area contributed by atoms with Crippen LogP contribution in [0.25, 0.3) is 10.8 Å². The van der Waals surface area contributed by atoms with Crippen LogP contribution in [0.3, 0.4) is 0 Å². The van der Waals surface area contributed by atoms with E-state index in [9.17, 15) is 19.2 Å². The van der Waals surface area contributed by atoms with Crippen molar-refractivity contribution in [1.82, 2.24) is 25.4 Å². The third-order valence-electron chi connectivity index (χ3n) is 8.43. The molecule has 0 spiro atoms. The molecule has 1 saturated heterocycles. The highest BCUT2D eigenvalue weighted by Gasteiger charge is 2.69. The summed E-state index contributed by atoms with van der Waals surface area (Å²) < 4.78 is 0. The summed E-state index contributed by atoms with van der Waals surface area (Å²) in [6.45, 7) is 10.3. The number of nitrogens with one attached hydrogen (secondary N) is 3. The molecule has 5 N–H and O–H groups in total. The fraction of sp³-hybridized carbons (Fsp3) is 0.448. The number of likely N-dealkylation sites (tertiary alicyclic amines) is 1. The quantitative estimate of drug-likeness (QED) is 0.353. The minimum absolute atomic E-state index is 0.0932. The van der Waals surface area contributed by atoms with Crippen LogP contribution in [0, 0.1) is 22.7 Å². The molecule has 2 unspecified atom stereocenters. The Kier molecular flexibility index (Phi) is 6.63. The highest BCUT2D eigenvalue weighted by atomic mass is 16.2. The van der Waals surface area contributed by atoms with E-state index < -0.39 is 35.4 Å². The van der Waals surface area contributed by atoms with Crippen LogP contribution in [0.2, 0.25) is 0 Å². The van der Waals surface area contributed by atoms with Crippen LogP contribution in [0.4, 0.5) is 5.69 Å². The highest BCUT2D eigenvalue weighted by molar-refractivity contribution is 5.97. The highest BCUT2D eigenvalue weighted by Crippen LogP contribution is 2.65. The topological polar surface area (TPSA) is 163 Å². The third kappa shape index (κ3) is 4.69. The normalized spacial score (nSPS) is 22.7. The van der Waals surface area contributed by atoms with Crippen LogP contribution in [-0.2, 0) is 14.4 Å². The maximum atomic E-state index is 14.1. The van der Waals surface area contributed by atoms with E-state index >= 15 is 0 Å². The summed E-state index contributed by atoms with van der Waals surface area (Å²) in [6, 6.07) is 7.72. The first-order valence-corrected chi connectivity index (χ1v) is 13.4. The summed E-state index contributed by atoms with van der Waals surface area (Å²) in [5.74, 6) is -1.52. The molecule has 2 fully saturated rings. The average molecular weight is 546 g/mol. The minimum Gasteiger partial charge on any atom is -0.369 e. The van der Waals surface area contributed by atoms with E-state index in [0.717, 1.165) is 5.39 Å². The Morgan fingerprint density at radius 1 is 1.15 bits per heavy atom. The molecule has 1 aliphatic heterocycles. The zero-order valence-corrected chi connectivity index (χ0v) is 23.3. The van der Waals surface area contributed by atoms with Gasteiger partial charge in [-0.05, 0) is 34.8 Å². The Hall–Kier alpha value is -4.28. The SMILES string of the molecule is CC(C)(C)C(Nc1ccc[nH]c1=O)C(=O)N1C[C@H]2[C@@H]([C@H]1C(=O)NC(C(N)=O)c1nncc3ccccc13)C2(C)C. The van der Waals surface area contributed by atoms with Gasteiger partial charge < -0.3 is 26.3 Å². The van der Waals surface area contributed by atoms with Crippen LogP contribution in [0.1, 0.15) is 46.4 Å². The van der Waals surface area contributed by atoms with Gasteiger partial charge in [-0.2, -0.15) is 10.2 Å². The Morgan fingerprint density at radius 2 is 1.88 bits per heavy atom. The zero-order valence-electron chi connectivity index (χ0n) is 23.3. The van der Waals surface area contributed by atoms with Gasteiger partial charge in [-0.1, -0.05) is 58.9 Å². The first kappa shape index (κ1) is 27.3. The number of carbonyl (C=O) groups excluding carboxylic acids is 3. The second-order valence-electron chi connectivity index (χ2n) is 12.4. The van der Waals surface area contributed by atoms with Gasteiger partial charge >= 0.3 is 0 Å². The van der Waals surface area contributed by atoms with E-state index in [1.165, 1.54) is 6.20 Å². The standard InChI is InChI=1S/C29H35N7O4/c1-28(2,3)23(33-18-11-8-12-31-25(18)38)27(40)36-14-17-19(29(17,4)5)22(36)26(39)34-21(24(30)37)20-16-10-7-6-9-15(16)13-32-35-20/h6-13,17,19,21-23,33H,14H2,1-5H3,(H2,30,37)(H,31,38)(H,34,39)/t17-,19-,21?,22-,23?/m0/s1. The number of carbonyl (C=O) groups is 3. The second kappa shape index (κ2) is 9.72. The average Bonchev–Trinajstić information content (AvgIpc) is 3.22. The van der Waals surface area contributed by atoms with Gasteiger partial charge in [0.2, 0.25) is 17.7 Å². The molecular weight excluding hydrogens is 510 g/mol. The van der Waals surface area contributed by atoms with Crippen LogP contribution in [0.15, 0.2) is 53.6 Å². The Bertz CT molecular complexity index is 1540. The summed E-state index contributed by atoms with van der Waals surface area (Å²) in [7, 11) is 0. The van der Waals surface area contributed by atoms with Gasteiger partial charge in [0.15, 0.2) is 6.04 Å². The second-order valence-corrected chi connectivity index (χ2v) is 12.4. The molecule has 0 radical (unpaired) electrons. The number of fused-ring (bicyclic) bond motifs is 2. The molecule has 0 bridgehead atoms. The predicted octanol–water partition coefficient (Wildman–Crippen LogP) is 1.97. The van der Waals surface area contributed by atoms with Crippen molar-refractivity contribution in [2.24, 2.45) is 28.4 Å². The molecule has 3 amide bonds. The number of hydrogen-bond donors (Lipinski definition) is 4. The van der Waals surface area contributed by atoms with Crippen LogP contribution >= 0.6 is 0 Å². The Labute approximate surface area is 231 Å². The van der Waals surface area contributed by atoms with E-state index in [2.05, 4.69) is 39.7 Å². The van der Waals surface area contributed by atoms with Crippen molar-refractivity contribution in [2.75, 3.05) is 11.9 Å². The number of hydrogen-bond acceptors (Lipinski definition) is 7. The van der Waals surface area contributed by atoms with Crippen molar-refractivity contribution in [3.63, 3.8) is 0 Å². The van der Waals surface area contributed by atoms with E-state index in [-0.39, 0.29) is 40.1 Å². The molecule has 1 aliphatic carbocycles. The van der Waals surface area contributed by atoms with E-state index in [0.29, 0.717) is 11.9 Å². The number of amides is 3. The van der Waals surface area contributed by atoms with Crippen LogP contribution in [-0.4, -0.2) is 56.4 Å². The molecule has 5 atom stereocenters. The molecule has 1 aromatic carbocycles. The van der Waals surface area contributed by atoms with Gasteiger partial charge in [0.05, 0.1) is 6.20 Å². The summed E-state index contributed by atoms with van der Waals surface area (Å²) in [4.78, 5) is 57.3. The summed E-state index contributed by atoms with van der Waals surface area (Å²) in [6.07, 6.45) is 3.10. The van der Waals surface area contributed by atoms with Crippen molar-refractivity contribution in [3.05, 3.63) is 64.8 Å². The molecular formula is C29H35N7O4. The van der Waals surface area contributed by atoms with Crippen molar-refractivity contribution in [2.45, 2.75) is 52.7 Å². The number of anilines is 1. The van der Waals surface area contributed by atoms with Gasteiger partial charge in [-0.15, -0.1) is 0 Å². The summed E-state index contributed by atoms with van der Waals surface area (Å²) >= 11 is 0. The number of rotatable bonds is 7. The molecule has 5 rings (SSSR count). The van der Waals surface area contributed by atoms with Crippen LogP contribution in [0.5, 0.6) is 0 Å². The molecule has 3 heterocycles. The number of pyridine rings is 1. The monoisotopic (exact) mass is 545 g/mol. The molecule has 11 nitrogen and oxygen atoms in total. The Morgan fingerprint density at radius 3 is 2.55 bits per heavy atom. The largest absolute Gasteiger partial charge is 0.369 e. The number of primary amides is 1. The third-order valence-corrected chi connectivity index (χ3v) is 8.43. The van der Waals surface area contributed by atoms with E-state index in [1.54, 1.807) is 35.4 Å². The van der Waals surface area contributed by atoms with Crippen molar-refractivity contribution < 1.29 is 14.4 Å². The zero-order chi connectivity index (χ0) is 29.0.